The number of nitrogens with zero attached hydrogens (tertiary/aromatic N) is 1. The molecule has 0 spiro atoms. The van der Waals surface area contributed by atoms with Gasteiger partial charge in [0.1, 0.15) is 0 Å². The largest absolute Gasteiger partial charge is 1.00 e. The monoisotopic (exact) mass is 295 g/mol. The van der Waals surface area contributed by atoms with E-state index in [1.54, 1.807) is 5.54 Å². The Labute approximate surface area is 126 Å². The SMILES string of the molecule is CCCCCCCCCC[N+](C)(C)C/C=C/Cl.[Cl-]. The highest BCUT2D eigenvalue weighted by Crippen LogP contribution is 2.10. The molecule has 1 nitrogen and oxygen atoms in total. The van der Waals surface area contributed by atoms with E-state index in [4.69, 9.17) is 11.6 Å². The second-order valence-electron chi connectivity index (χ2n) is 5.68. The van der Waals surface area contributed by atoms with E-state index < -0.39 is 0 Å². The van der Waals surface area contributed by atoms with E-state index in [1.807, 2.05) is 6.08 Å². The van der Waals surface area contributed by atoms with E-state index in [0.717, 1.165) is 11.0 Å². The molecule has 0 saturated carbocycles. The van der Waals surface area contributed by atoms with Crippen molar-refractivity contribution in [3.63, 3.8) is 0 Å². The molecule has 0 N–H and O–H groups in total. The molecule has 0 atom stereocenters. The predicted molar refractivity (Wildman–Crippen MR) is 79.4 cm³/mol. The fourth-order valence-electron chi connectivity index (χ4n) is 2.09. The molecule has 0 amide bonds. The maximum absolute atomic E-state index is 5.56. The molecule has 0 bridgehead atoms. The van der Waals surface area contributed by atoms with Gasteiger partial charge in [-0.2, -0.15) is 0 Å². The molecule has 110 valence electrons. The molecule has 18 heavy (non-hydrogen) atoms. The summed E-state index contributed by atoms with van der Waals surface area (Å²) in [6.07, 6.45) is 13.2. The zero-order chi connectivity index (χ0) is 13.0. The first-order chi connectivity index (χ1) is 8.12. The summed E-state index contributed by atoms with van der Waals surface area (Å²) in [5, 5.41) is 0. The second-order valence-corrected chi connectivity index (χ2v) is 5.93. The van der Waals surface area contributed by atoms with Gasteiger partial charge in [0, 0.05) is 5.54 Å². The molecule has 0 aromatic carbocycles. The minimum absolute atomic E-state index is 0. The highest BCUT2D eigenvalue weighted by atomic mass is 35.5. The van der Waals surface area contributed by atoms with Gasteiger partial charge in [-0.3, -0.25) is 0 Å². The number of quaternary nitrogens is 1. The van der Waals surface area contributed by atoms with Crippen LogP contribution in [-0.2, 0) is 0 Å². The van der Waals surface area contributed by atoms with E-state index in [9.17, 15) is 0 Å². The Morgan fingerprint density at radius 2 is 1.39 bits per heavy atom. The zero-order valence-electron chi connectivity index (χ0n) is 12.4. The van der Waals surface area contributed by atoms with Crippen LogP contribution in [0.5, 0.6) is 0 Å². The lowest BCUT2D eigenvalue weighted by atomic mass is 10.1. The summed E-state index contributed by atoms with van der Waals surface area (Å²) in [5.74, 6) is 0. The van der Waals surface area contributed by atoms with Gasteiger partial charge in [0.25, 0.3) is 0 Å². The van der Waals surface area contributed by atoms with Crippen LogP contribution in [-0.4, -0.2) is 31.7 Å². The fourth-order valence-corrected chi connectivity index (χ4v) is 2.17. The van der Waals surface area contributed by atoms with E-state index in [0.29, 0.717) is 0 Å². The van der Waals surface area contributed by atoms with Gasteiger partial charge < -0.3 is 16.9 Å². The van der Waals surface area contributed by atoms with E-state index in [1.165, 1.54) is 57.9 Å². The molecule has 0 rings (SSSR count). The lowest BCUT2D eigenvalue weighted by molar-refractivity contribution is -0.884. The van der Waals surface area contributed by atoms with Crippen LogP contribution in [0.15, 0.2) is 11.6 Å². The molecule has 0 unspecified atom stereocenters. The third-order valence-electron chi connectivity index (χ3n) is 3.31. The van der Waals surface area contributed by atoms with Crippen LogP contribution in [0.25, 0.3) is 0 Å². The Bertz CT molecular complexity index is 191. The number of unbranched alkanes of at least 4 members (excludes halogenated alkanes) is 7. The molecule has 0 radical (unpaired) electrons. The Kier molecular flexibility index (Phi) is 15.7. The Hall–Kier alpha value is 0.280. The molecule has 0 aliphatic carbocycles. The van der Waals surface area contributed by atoms with Crippen molar-refractivity contribution in [2.75, 3.05) is 27.2 Å². The molecule has 0 aliphatic heterocycles. The number of hydrogen-bond donors (Lipinski definition) is 0. The van der Waals surface area contributed by atoms with Crippen molar-refractivity contribution < 1.29 is 16.9 Å². The molecular weight excluding hydrogens is 265 g/mol. The third kappa shape index (κ3) is 14.3. The van der Waals surface area contributed by atoms with E-state index in [2.05, 4.69) is 21.0 Å². The molecule has 0 heterocycles. The quantitative estimate of drug-likeness (QED) is 0.404. The minimum atomic E-state index is 0. The van der Waals surface area contributed by atoms with E-state index in [-0.39, 0.29) is 12.4 Å². The summed E-state index contributed by atoms with van der Waals surface area (Å²) in [6, 6.07) is 0. The number of rotatable bonds is 11. The standard InChI is InChI=1S/C15H31ClN.ClH/c1-4-5-6-7-8-9-10-11-14-17(2,3)15-12-13-16;/h12-13H,4-11,14-15H2,1-3H3;1H/q+1;/p-1/b13-12+;. The van der Waals surface area contributed by atoms with Crippen molar-refractivity contribution in [1.82, 2.24) is 0 Å². The zero-order valence-corrected chi connectivity index (χ0v) is 13.9. The predicted octanol–water partition coefficient (Wildman–Crippen LogP) is 1.96. The molecule has 0 aromatic heterocycles. The van der Waals surface area contributed by atoms with Gasteiger partial charge >= 0.3 is 0 Å². The van der Waals surface area contributed by atoms with Gasteiger partial charge in [-0.05, 0) is 18.9 Å². The van der Waals surface area contributed by atoms with Crippen molar-refractivity contribution in [3.05, 3.63) is 11.6 Å². The van der Waals surface area contributed by atoms with Gasteiger partial charge in [0.15, 0.2) is 0 Å². The summed E-state index contributed by atoms with van der Waals surface area (Å²) in [5.41, 5.74) is 1.63. The summed E-state index contributed by atoms with van der Waals surface area (Å²) in [6.45, 7) is 4.57. The number of hydrogen-bond acceptors (Lipinski definition) is 0. The Morgan fingerprint density at radius 3 is 1.89 bits per heavy atom. The maximum atomic E-state index is 5.56. The summed E-state index contributed by atoms with van der Waals surface area (Å²) >= 11 is 5.56. The number of likely N-dealkylation sites (N-methyl/N-ethyl adjacent to an activating group) is 1. The maximum Gasteiger partial charge on any atom is 0.0981 e. The van der Waals surface area contributed by atoms with Crippen LogP contribution in [0.2, 0.25) is 0 Å². The molecule has 0 saturated heterocycles. The first-order valence-corrected chi connectivity index (χ1v) is 7.63. The summed E-state index contributed by atoms with van der Waals surface area (Å²) < 4.78 is 1.05. The first kappa shape index (κ1) is 20.6. The minimum Gasteiger partial charge on any atom is -1.00 e. The lowest BCUT2D eigenvalue weighted by Crippen LogP contribution is -3.00. The van der Waals surface area contributed by atoms with Gasteiger partial charge in [-0.1, -0.05) is 57.0 Å². The Balaban J connectivity index is 0. The molecule has 0 fully saturated rings. The summed E-state index contributed by atoms with van der Waals surface area (Å²) in [7, 11) is 4.55. The van der Waals surface area contributed by atoms with Crippen LogP contribution in [0.4, 0.5) is 0 Å². The normalized spacial score (nSPS) is 11.8. The molecular formula is C15H31Cl2N. The highest BCUT2D eigenvalue weighted by molar-refractivity contribution is 6.25. The average molecular weight is 296 g/mol. The van der Waals surface area contributed by atoms with Crippen molar-refractivity contribution in [1.29, 1.82) is 0 Å². The number of halogens is 2. The fraction of sp³-hybridized carbons (Fsp3) is 0.867. The van der Waals surface area contributed by atoms with E-state index >= 15 is 0 Å². The lowest BCUT2D eigenvalue weighted by Gasteiger charge is -2.28. The summed E-state index contributed by atoms with van der Waals surface area (Å²) in [4.78, 5) is 0. The van der Waals surface area contributed by atoms with Crippen LogP contribution in [0.3, 0.4) is 0 Å². The van der Waals surface area contributed by atoms with Crippen molar-refractivity contribution in [3.8, 4) is 0 Å². The average Bonchev–Trinajstić information content (AvgIpc) is 2.30. The van der Waals surface area contributed by atoms with Gasteiger partial charge in [-0.15, -0.1) is 0 Å². The molecule has 3 heteroatoms. The van der Waals surface area contributed by atoms with Crippen LogP contribution in [0.1, 0.15) is 58.3 Å². The van der Waals surface area contributed by atoms with Gasteiger partial charge in [0.2, 0.25) is 0 Å². The van der Waals surface area contributed by atoms with Crippen molar-refractivity contribution >= 4 is 11.6 Å². The first-order valence-electron chi connectivity index (χ1n) is 7.19. The van der Waals surface area contributed by atoms with Crippen molar-refractivity contribution in [2.24, 2.45) is 0 Å². The smallest absolute Gasteiger partial charge is 0.0981 e. The third-order valence-corrected chi connectivity index (χ3v) is 3.48. The Morgan fingerprint density at radius 1 is 0.889 bits per heavy atom. The van der Waals surface area contributed by atoms with Crippen LogP contribution < -0.4 is 12.4 Å². The van der Waals surface area contributed by atoms with Crippen LogP contribution >= 0.6 is 11.6 Å². The molecule has 0 aromatic rings. The second kappa shape index (κ2) is 13.7. The molecule has 0 aliphatic rings. The van der Waals surface area contributed by atoms with Gasteiger partial charge in [-0.25, -0.2) is 0 Å². The topological polar surface area (TPSA) is 0 Å². The van der Waals surface area contributed by atoms with Gasteiger partial charge in [0.05, 0.1) is 27.2 Å². The highest BCUT2D eigenvalue weighted by Gasteiger charge is 2.11. The van der Waals surface area contributed by atoms with Crippen molar-refractivity contribution in [2.45, 2.75) is 58.3 Å². The van der Waals surface area contributed by atoms with Crippen LogP contribution in [0, 0.1) is 0 Å².